The third kappa shape index (κ3) is 4.58. The fraction of sp³-hybridized carbons (Fsp3) is 0.333. The minimum absolute atomic E-state index is 0.848. The van der Waals surface area contributed by atoms with Crippen molar-refractivity contribution in [3.8, 4) is 0 Å². The Labute approximate surface area is 90.9 Å². The first kappa shape index (κ1) is 11.5. The van der Waals surface area contributed by atoms with Gasteiger partial charge in [0.2, 0.25) is 0 Å². The molecule has 0 fully saturated rings. The first-order chi connectivity index (χ1) is 6.47. The summed E-state index contributed by atoms with van der Waals surface area (Å²) in [6.07, 6.45) is 0. The van der Waals surface area contributed by atoms with Gasteiger partial charge in [-0.3, -0.25) is 0 Å². The summed E-state index contributed by atoms with van der Waals surface area (Å²) in [5, 5.41) is 2.98. The molecule has 1 aromatic carbocycles. The maximum atomic E-state index is 2.50. The lowest BCUT2D eigenvalue weighted by Gasteiger charge is -2.11. The molecule has 14 heavy (non-hydrogen) atoms. The normalized spacial score (nSPS) is 13.0. The molecule has 0 N–H and O–H groups in total. The van der Waals surface area contributed by atoms with E-state index in [1.807, 2.05) is 0 Å². The van der Waals surface area contributed by atoms with Crippen molar-refractivity contribution in [2.24, 2.45) is 0 Å². The topological polar surface area (TPSA) is 0 Å². The Hall–Kier alpha value is -0.606. The molecule has 0 saturated carbocycles. The summed E-state index contributed by atoms with van der Waals surface area (Å²) in [6.45, 7) is 9.40. The quantitative estimate of drug-likeness (QED) is 0.685. The summed E-state index contributed by atoms with van der Waals surface area (Å²) in [5.74, 6) is 0. The molecule has 0 bridgehead atoms. The van der Waals surface area contributed by atoms with Gasteiger partial charge in [0.15, 0.2) is 0 Å². The SMILES string of the molecule is C/C(=C\[Si](C)(C)C)[Si]c1ccccc1. The van der Waals surface area contributed by atoms with Crippen LogP contribution in [0.3, 0.4) is 0 Å². The van der Waals surface area contributed by atoms with Crippen LogP contribution in [0.1, 0.15) is 6.92 Å². The van der Waals surface area contributed by atoms with Gasteiger partial charge in [-0.1, -0.05) is 66.1 Å². The number of allylic oxidation sites excluding steroid dienone is 1. The Balaban J connectivity index is 2.67. The van der Waals surface area contributed by atoms with Gasteiger partial charge in [-0.15, -0.1) is 0 Å². The molecule has 0 saturated heterocycles. The van der Waals surface area contributed by atoms with E-state index in [0.717, 1.165) is 9.52 Å². The summed E-state index contributed by atoms with van der Waals surface area (Å²) in [7, 11) is -0.182. The Kier molecular flexibility index (Phi) is 3.90. The van der Waals surface area contributed by atoms with Crippen LogP contribution in [-0.2, 0) is 0 Å². The summed E-state index contributed by atoms with van der Waals surface area (Å²) in [4.78, 5) is 0. The highest BCUT2D eigenvalue weighted by Gasteiger charge is 2.09. The van der Waals surface area contributed by atoms with Crippen LogP contribution in [0, 0.1) is 0 Å². The maximum absolute atomic E-state index is 2.50. The third-order valence-electron chi connectivity index (χ3n) is 1.76. The van der Waals surface area contributed by atoms with Crippen molar-refractivity contribution >= 4 is 22.8 Å². The van der Waals surface area contributed by atoms with Crippen LogP contribution in [0.2, 0.25) is 19.6 Å². The van der Waals surface area contributed by atoms with Crippen LogP contribution in [-0.4, -0.2) is 17.6 Å². The zero-order valence-corrected chi connectivity index (χ0v) is 11.5. The summed E-state index contributed by atoms with van der Waals surface area (Å²) in [6, 6.07) is 10.7. The van der Waals surface area contributed by atoms with Crippen LogP contribution >= 0.6 is 0 Å². The van der Waals surface area contributed by atoms with Crippen molar-refractivity contribution in [3.05, 3.63) is 41.2 Å². The molecule has 0 aliphatic carbocycles. The van der Waals surface area contributed by atoms with Crippen LogP contribution in [0.15, 0.2) is 41.2 Å². The summed E-state index contributed by atoms with van der Waals surface area (Å²) < 4.78 is 0. The van der Waals surface area contributed by atoms with Crippen LogP contribution in [0.4, 0.5) is 0 Å². The minimum atomic E-state index is -1.03. The molecule has 74 valence electrons. The van der Waals surface area contributed by atoms with E-state index in [4.69, 9.17) is 0 Å². The molecule has 2 heteroatoms. The fourth-order valence-corrected chi connectivity index (χ4v) is 5.14. The number of benzene rings is 1. The average Bonchev–Trinajstić information content (AvgIpc) is 2.02. The molecular formula is C12H18Si2. The van der Waals surface area contributed by atoms with Crippen LogP contribution in [0.25, 0.3) is 0 Å². The third-order valence-corrected chi connectivity index (χ3v) is 4.51. The van der Waals surface area contributed by atoms with Gasteiger partial charge >= 0.3 is 0 Å². The Morgan fingerprint density at radius 3 is 2.21 bits per heavy atom. The van der Waals surface area contributed by atoms with E-state index in [0.29, 0.717) is 0 Å². The molecule has 1 rings (SSSR count). The molecular weight excluding hydrogens is 200 g/mol. The predicted octanol–water partition coefficient (Wildman–Crippen LogP) is 2.80. The van der Waals surface area contributed by atoms with Crippen LogP contribution < -0.4 is 5.19 Å². The lowest BCUT2D eigenvalue weighted by molar-refractivity contribution is 1.63. The van der Waals surface area contributed by atoms with E-state index >= 15 is 0 Å². The molecule has 0 atom stereocenters. The van der Waals surface area contributed by atoms with E-state index < -0.39 is 8.07 Å². The molecule has 0 heterocycles. The first-order valence-electron chi connectivity index (χ1n) is 4.99. The highest BCUT2D eigenvalue weighted by atomic mass is 28.3. The zero-order valence-electron chi connectivity index (χ0n) is 9.46. The monoisotopic (exact) mass is 218 g/mol. The van der Waals surface area contributed by atoms with Gasteiger partial charge in [-0.25, -0.2) is 0 Å². The first-order valence-corrected chi connectivity index (χ1v) is 9.57. The minimum Gasteiger partial charge on any atom is -0.0999 e. The zero-order chi connectivity index (χ0) is 10.6. The van der Waals surface area contributed by atoms with Gasteiger partial charge in [-0.05, 0) is 6.92 Å². The Morgan fingerprint density at radius 1 is 1.14 bits per heavy atom. The molecule has 0 spiro atoms. The highest BCUT2D eigenvalue weighted by Crippen LogP contribution is 2.05. The van der Waals surface area contributed by atoms with Crippen molar-refractivity contribution in [3.63, 3.8) is 0 Å². The molecule has 0 nitrogen and oxygen atoms in total. The molecule has 2 radical (unpaired) electrons. The fourth-order valence-electron chi connectivity index (χ4n) is 1.43. The van der Waals surface area contributed by atoms with Crippen molar-refractivity contribution < 1.29 is 0 Å². The second kappa shape index (κ2) is 4.76. The highest BCUT2D eigenvalue weighted by molar-refractivity contribution is 6.82. The molecule has 0 aliphatic rings. The Bertz CT molecular complexity index is 307. The standard InChI is InChI=1S/C12H18Si2/c1-11(10-14(2,3)4)13-12-8-6-5-7-9-12/h5-10H,1-4H3/b11-10+. The van der Waals surface area contributed by atoms with E-state index in [9.17, 15) is 0 Å². The lowest BCUT2D eigenvalue weighted by atomic mass is 10.4. The number of hydrogen-bond acceptors (Lipinski definition) is 0. The van der Waals surface area contributed by atoms with Crippen molar-refractivity contribution in [1.29, 1.82) is 0 Å². The summed E-state index contributed by atoms with van der Waals surface area (Å²) >= 11 is 0. The second-order valence-corrected chi connectivity index (χ2v) is 11.3. The number of hydrogen-bond donors (Lipinski definition) is 0. The smallest absolute Gasteiger partial charge is 0.0999 e. The van der Waals surface area contributed by atoms with Gasteiger partial charge in [-0.2, -0.15) is 0 Å². The Morgan fingerprint density at radius 2 is 1.71 bits per heavy atom. The van der Waals surface area contributed by atoms with E-state index in [1.54, 1.807) is 0 Å². The second-order valence-electron chi connectivity index (χ2n) is 4.68. The summed E-state index contributed by atoms with van der Waals surface area (Å²) in [5.41, 5.74) is 2.50. The van der Waals surface area contributed by atoms with Crippen molar-refractivity contribution in [2.45, 2.75) is 26.6 Å². The van der Waals surface area contributed by atoms with Gasteiger partial charge in [0.1, 0.15) is 9.52 Å². The molecule has 0 aromatic heterocycles. The lowest BCUT2D eigenvalue weighted by Crippen LogP contribution is -2.21. The van der Waals surface area contributed by atoms with Gasteiger partial charge < -0.3 is 0 Å². The van der Waals surface area contributed by atoms with E-state index in [1.165, 1.54) is 10.4 Å². The molecule has 0 aliphatic heterocycles. The van der Waals surface area contributed by atoms with E-state index in [2.05, 4.69) is 62.6 Å². The molecule has 0 amide bonds. The largest absolute Gasteiger partial charge is 0.114 e. The predicted molar refractivity (Wildman–Crippen MR) is 68.9 cm³/mol. The van der Waals surface area contributed by atoms with E-state index in [-0.39, 0.29) is 0 Å². The molecule has 1 aromatic rings. The van der Waals surface area contributed by atoms with Gasteiger partial charge in [0.05, 0.1) is 8.07 Å². The average molecular weight is 218 g/mol. The maximum Gasteiger partial charge on any atom is 0.114 e. The van der Waals surface area contributed by atoms with Gasteiger partial charge in [0, 0.05) is 0 Å². The van der Waals surface area contributed by atoms with Crippen LogP contribution in [0.5, 0.6) is 0 Å². The van der Waals surface area contributed by atoms with Gasteiger partial charge in [0.25, 0.3) is 0 Å². The molecule has 0 unspecified atom stereocenters. The van der Waals surface area contributed by atoms with Crippen molar-refractivity contribution in [1.82, 2.24) is 0 Å². The van der Waals surface area contributed by atoms with Crippen molar-refractivity contribution in [2.75, 3.05) is 0 Å². The number of rotatable bonds is 3.